The number of benzene rings is 7. The molecule has 0 amide bonds. The third-order valence-electron chi connectivity index (χ3n) is 13.0. The predicted molar refractivity (Wildman–Crippen MR) is 247 cm³/mol. The van der Waals surface area contributed by atoms with E-state index in [2.05, 4.69) is 200 Å². The molecule has 3 aliphatic rings. The smallest absolute Gasteiger partial charge is 0.251 e. The summed E-state index contributed by atoms with van der Waals surface area (Å²) in [6.07, 6.45) is 0. The van der Waals surface area contributed by atoms with Crippen molar-refractivity contribution >= 4 is 69.0 Å². The van der Waals surface area contributed by atoms with Gasteiger partial charge in [0.1, 0.15) is 11.5 Å². The molecule has 0 N–H and O–H groups in total. The van der Waals surface area contributed by atoms with Crippen LogP contribution in [-0.4, -0.2) is 14.8 Å². The molecule has 0 bridgehead atoms. The fourth-order valence-corrected chi connectivity index (χ4v) is 16.1. The lowest BCUT2D eigenvalue weighted by Crippen LogP contribution is -2.75. The summed E-state index contributed by atoms with van der Waals surface area (Å²) in [5.41, 5.74) is 17.2. The van der Waals surface area contributed by atoms with Gasteiger partial charge in [-0.3, -0.25) is 0 Å². The van der Waals surface area contributed by atoms with Crippen LogP contribution in [0.1, 0.15) is 87.1 Å². The summed E-state index contributed by atoms with van der Waals surface area (Å²) in [5, 5.41) is 5.88. The topological polar surface area (TPSA) is 12.5 Å². The number of aryl methyl sites for hydroxylation is 2. The summed E-state index contributed by atoms with van der Waals surface area (Å²) in [6, 6.07) is 53.6. The zero-order valence-electron chi connectivity index (χ0n) is 34.4. The Hall–Kier alpha value is -5.58. The summed E-state index contributed by atoms with van der Waals surface area (Å²) in [6.45, 7) is 18.6. The highest BCUT2D eigenvalue weighted by Gasteiger charge is 2.54. The maximum Gasteiger partial charge on any atom is 0.251 e. The molecule has 10 rings (SSSR count). The van der Waals surface area contributed by atoms with Crippen molar-refractivity contribution in [3.05, 3.63) is 167 Å². The molecule has 4 heteroatoms. The number of para-hydroxylation sites is 1. The van der Waals surface area contributed by atoms with Gasteiger partial charge in [0, 0.05) is 23.1 Å². The highest BCUT2D eigenvalue weighted by Crippen LogP contribution is 2.43. The Kier molecular flexibility index (Phi) is 8.32. The van der Waals surface area contributed by atoms with Crippen LogP contribution in [0.5, 0.6) is 11.5 Å². The molecule has 280 valence electrons. The zero-order chi connectivity index (χ0) is 39.3. The number of nitrogens with zero attached hydrogens (tertiary/aromatic N) is 1. The SMILES string of the molecule is Cc1ccc2c(c1)[Si]1(c3ccccc3-c3ccccc31)c1cc(C)ccc1N2c1ccc2c(c1)Oc1ccccc1B2c1c(C(C)C)cc(C(C)C)cc1C(C)C. The van der Waals surface area contributed by atoms with Crippen molar-refractivity contribution in [3.8, 4) is 22.6 Å². The van der Waals surface area contributed by atoms with Crippen molar-refractivity contribution in [3.63, 3.8) is 0 Å². The van der Waals surface area contributed by atoms with Gasteiger partial charge in [0.15, 0.2) is 8.07 Å². The molecule has 7 aromatic carbocycles. The molecular formula is C53H50BNOSi. The van der Waals surface area contributed by atoms with Crippen molar-refractivity contribution in [1.82, 2.24) is 0 Å². The first kappa shape index (κ1) is 35.8. The Morgan fingerprint density at radius 1 is 0.491 bits per heavy atom. The van der Waals surface area contributed by atoms with E-state index in [9.17, 15) is 0 Å². The van der Waals surface area contributed by atoms with E-state index in [1.165, 1.54) is 87.5 Å². The quantitative estimate of drug-likeness (QED) is 0.163. The molecule has 0 aliphatic carbocycles. The minimum Gasteiger partial charge on any atom is -0.458 e. The molecule has 2 nitrogen and oxygen atoms in total. The second-order valence-corrected chi connectivity index (χ2v) is 21.2. The summed E-state index contributed by atoms with van der Waals surface area (Å²) in [4.78, 5) is 2.53. The number of hydrogen-bond donors (Lipinski definition) is 0. The highest BCUT2D eigenvalue weighted by molar-refractivity contribution is 7.23. The van der Waals surface area contributed by atoms with Gasteiger partial charge in [-0.15, -0.1) is 0 Å². The van der Waals surface area contributed by atoms with E-state index in [4.69, 9.17) is 4.74 Å². The molecule has 0 aromatic heterocycles. The summed E-state index contributed by atoms with van der Waals surface area (Å²) in [7, 11) is -2.69. The maximum absolute atomic E-state index is 7.01. The standard InChI is InChI=1S/C53H50BNOSi/c1-32(2)37-29-41(33(3)4)53(42(30-37)34(5)6)54-43-17-11-12-18-47(43)56-48-31-38(23-24-44(48)54)55-45-25-21-35(7)27-51(45)57(52-28-36(8)22-26-46(52)55)49-19-13-9-15-39(49)40-16-10-14-20-50(40)57/h9-34H,1-8H3. The second-order valence-electron chi connectivity index (χ2n) is 17.6. The van der Waals surface area contributed by atoms with E-state index in [0.717, 1.165) is 17.2 Å². The van der Waals surface area contributed by atoms with Crippen LogP contribution in [-0.2, 0) is 0 Å². The van der Waals surface area contributed by atoms with Gasteiger partial charge in [0.2, 0.25) is 0 Å². The lowest BCUT2D eigenvalue weighted by molar-refractivity contribution is 0.487. The minimum atomic E-state index is -2.69. The summed E-state index contributed by atoms with van der Waals surface area (Å²) >= 11 is 0. The number of hydrogen-bond acceptors (Lipinski definition) is 2. The Morgan fingerprint density at radius 2 is 1.02 bits per heavy atom. The summed E-state index contributed by atoms with van der Waals surface area (Å²) < 4.78 is 7.01. The first-order chi connectivity index (χ1) is 27.6. The van der Waals surface area contributed by atoms with Gasteiger partial charge in [0.05, 0.1) is 0 Å². The molecular weight excluding hydrogens is 705 g/mol. The number of ether oxygens (including phenoxy) is 1. The maximum atomic E-state index is 7.01. The minimum absolute atomic E-state index is 0.0587. The Balaban J connectivity index is 1.22. The van der Waals surface area contributed by atoms with Crippen LogP contribution in [0.3, 0.4) is 0 Å². The average molecular weight is 756 g/mol. The average Bonchev–Trinajstić information content (AvgIpc) is 3.50. The first-order valence-electron chi connectivity index (χ1n) is 20.9. The van der Waals surface area contributed by atoms with Crippen LogP contribution >= 0.6 is 0 Å². The van der Waals surface area contributed by atoms with Gasteiger partial charge in [-0.25, -0.2) is 0 Å². The van der Waals surface area contributed by atoms with Crippen molar-refractivity contribution < 1.29 is 4.74 Å². The molecule has 1 spiro atoms. The van der Waals surface area contributed by atoms with E-state index < -0.39 is 8.07 Å². The van der Waals surface area contributed by atoms with Crippen molar-refractivity contribution in [2.75, 3.05) is 4.90 Å². The molecule has 3 aliphatic heterocycles. The van der Waals surface area contributed by atoms with Crippen LogP contribution in [0.15, 0.2) is 140 Å². The van der Waals surface area contributed by atoms with Crippen molar-refractivity contribution in [1.29, 1.82) is 0 Å². The molecule has 0 fully saturated rings. The summed E-state index contributed by atoms with van der Waals surface area (Å²) in [5.74, 6) is 3.10. The number of anilines is 3. The van der Waals surface area contributed by atoms with Crippen LogP contribution in [0, 0.1) is 13.8 Å². The Bertz CT molecular complexity index is 2630. The van der Waals surface area contributed by atoms with Gasteiger partial charge in [-0.2, -0.15) is 0 Å². The molecule has 0 atom stereocenters. The molecule has 0 radical (unpaired) electrons. The highest BCUT2D eigenvalue weighted by atomic mass is 28.3. The molecule has 0 saturated heterocycles. The molecule has 3 heterocycles. The Morgan fingerprint density at radius 3 is 1.58 bits per heavy atom. The van der Waals surface area contributed by atoms with E-state index in [1.807, 2.05) is 0 Å². The van der Waals surface area contributed by atoms with E-state index in [-0.39, 0.29) is 6.71 Å². The predicted octanol–water partition coefficient (Wildman–Crippen LogP) is 9.44. The zero-order valence-corrected chi connectivity index (χ0v) is 35.4. The van der Waals surface area contributed by atoms with Crippen LogP contribution in [0.2, 0.25) is 0 Å². The van der Waals surface area contributed by atoms with Crippen molar-refractivity contribution in [2.45, 2.75) is 73.1 Å². The van der Waals surface area contributed by atoms with Gasteiger partial charge in [0.25, 0.3) is 6.71 Å². The molecule has 0 unspecified atom stereocenters. The molecule has 0 saturated carbocycles. The van der Waals surface area contributed by atoms with E-state index in [1.54, 1.807) is 0 Å². The van der Waals surface area contributed by atoms with Gasteiger partial charge in [-0.1, -0.05) is 167 Å². The van der Waals surface area contributed by atoms with Gasteiger partial charge < -0.3 is 9.64 Å². The van der Waals surface area contributed by atoms with Gasteiger partial charge in [-0.05, 0) is 115 Å². The monoisotopic (exact) mass is 755 g/mol. The largest absolute Gasteiger partial charge is 0.458 e. The molecule has 57 heavy (non-hydrogen) atoms. The van der Waals surface area contributed by atoms with Crippen LogP contribution in [0.25, 0.3) is 11.1 Å². The first-order valence-corrected chi connectivity index (χ1v) is 22.9. The van der Waals surface area contributed by atoms with E-state index >= 15 is 0 Å². The lowest BCUT2D eigenvalue weighted by atomic mass is 9.34. The van der Waals surface area contributed by atoms with Gasteiger partial charge >= 0.3 is 0 Å². The lowest BCUT2D eigenvalue weighted by Gasteiger charge is -2.44. The van der Waals surface area contributed by atoms with E-state index in [0.29, 0.717) is 17.8 Å². The van der Waals surface area contributed by atoms with Crippen LogP contribution in [0.4, 0.5) is 17.1 Å². The number of rotatable bonds is 5. The number of fused-ring (bicyclic) bond motifs is 11. The normalized spacial score (nSPS) is 14.3. The molecule has 7 aromatic rings. The fourth-order valence-electron chi connectivity index (χ4n) is 10.4. The third kappa shape index (κ3) is 5.22. The fraction of sp³-hybridized carbons (Fsp3) is 0.208. The second kappa shape index (κ2) is 13.2. The Labute approximate surface area is 340 Å². The van der Waals surface area contributed by atoms with Crippen molar-refractivity contribution in [2.24, 2.45) is 0 Å². The third-order valence-corrected chi connectivity index (χ3v) is 17.9. The van der Waals surface area contributed by atoms with Crippen LogP contribution < -0.4 is 46.8 Å².